The Bertz CT molecular complexity index is 278. The SMILES string of the molecule is CCCC1CC(NC2CCCC2)CN(CC#N)C1. The summed E-state index contributed by atoms with van der Waals surface area (Å²) in [5.74, 6) is 0.788. The summed E-state index contributed by atoms with van der Waals surface area (Å²) < 4.78 is 0. The maximum atomic E-state index is 8.89. The van der Waals surface area contributed by atoms with Gasteiger partial charge in [-0.25, -0.2) is 0 Å². The standard InChI is InChI=1S/C15H27N3/c1-2-5-13-10-15(12-18(11-13)9-8-16)17-14-6-3-4-7-14/h13-15,17H,2-7,9-12H2,1H3. The monoisotopic (exact) mass is 249 g/mol. The second-order valence-corrected chi connectivity index (χ2v) is 6.09. The Hall–Kier alpha value is -0.590. The number of hydrogen-bond acceptors (Lipinski definition) is 3. The predicted molar refractivity (Wildman–Crippen MR) is 74.2 cm³/mol. The van der Waals surface area contributed by atoms with Crippen molar-refractivity contribution in [2.24, 2.45) is 5.92 Å². The fourth-order valence-corrected chi connectivity index (χ4v) is 3.70. The summed E-state index contributed by atoms with van der Waals surface area (Å²) in [5, 5.41) is 12.7. The van der Waals surface area contributed by atoms with Crippen LogP contribution in [0.2, 0.25) is 0 Å². The third-order valence-corrected chi connectivity index (χ3v) is 4.43. The van der Waals surface area contributed by atoms with Crippen molar-refractivity contribution in [3.05, 3.63) is 0 Å². The average molecular weight is 249 g/mol. The molecule has 1 heterocycles. The van der Waals surface area contributed by atoms with Crippen LogP contribution in [0.3, 0.4) is 0 Å². The average Bonchev–Trinajstić information content (AvgIpc) is 2.82. The molecule has 2 unspecified atom stereocenters. The van der Waals surface area contributed by atoms with Gasteiger partial charge in [-0.05, 0) is 31.6 Å². The highest BCUT2D eigenvalue weighted by Gasteiger charge is 2.28. The summed E-state index contributed by atoms with van der Waals surface area (Å²) in [6.07, 6.45) is 9.38. The molecule has 1 N–H and O–H groups in total. The molecule has 0 bridgehead atoms. The lowest BCUT2D eigenvalue weighted by Gasteiger charge is -2.38. The molecule has 2 rings (SSSR count). The zero-order chi connectivity index (χ0) is 12.8. The number of likely N-dealkylation sites (tertiary alicyclic amines) is 1. The Kier molecular flexibility index (Phi) is 5.46. The zero-order valence-electron chi connectivity index (χ0n) is 11.7. The lowest BCUT2D eigenvalue weighted by Crippen LogP contribution is -2.51. The van der Waals surface area contributed by atoms with E-state index in [1.165, 1.54) is 44.9 Å². The maximum absolute atomic E-state index is 8.89. The lowest BCUT2D eigenvalue weighted by molar-refractivity contribution is 0.143. The summed E-state index contributed by atoms with van der Waals surface area (Å²) in [5.41, 5.74) is 0. The number of rotatable bonds is 5. The minimum atomic E-state index is 0.600. The largest absolute Gasteiger partial charge is 0.310 e. The van der Waals surface area contributed by atoms with Gasteiger partial charge in [0, 0.05) is 25.2 Å². The van der Waals surface area contributed by atoms with Gasteiger partial charge in [0.05, 0.1) is 12.6 Å². The first-order valence-electron chi connectivity index (χ1n) is 7.67. The minimum Gasteiger partial charge on any atom is -0.310 e. The van der Waals surface area contributed by atoms with Crippen LogP contribution < -0.4 is 5.32 Å². The van der Waals surface area contributed by atoms with E-state index in [0.717, 1.165) is 25.0 Å². The van der Waals surface area contributed by atoms with E-state index in [4.69, 9.17) is 5.26 Å². The van der Waals surface area contributed by atoms with Crippen molar-refractivity contribution in [1.82, 2.24) is 10.2 Å². The van der Waals surface area contributed by atoms with Crippen LogP contribution in [0.25, 0.3) is 0 Å². The number of piperidine rings is 1. The molecule has 3 nitrogen and oxygen atoms in total. The van der Waals surface area contributed by atoms with Gasteiger partial charge in [-0.2, -0.15) is 5.26 Å². The topological polar surface area (TPSA) is 39.1 Å². The van der Waals surface area contributed by atoms with E-state index in [0.29, 0.717) is 12.6 Å². The number of nitriles is 1. The first-order chi connectivity index (χ1) is 8.81. The highest BCUT2D eigenvalue weighted by atomic mass is 15.2. The molecule has 0 aromatic carbocycles. The molecule has 0 spiro atoms. The third-order valence-electron chi connectivity index (χ3n) is 4.43. The zero-order valence-corrected chi connectivity index (χ0v) is 11.7. The molecule has 102 valence electrons. The first kappa shape index (κ1) is 13.8. The second-order valence-electron chi connectivity index (χ2n) is 6.09. The van der Waals surface area contributed by atoms with Gasteiger partial charge in [0.2, 0.25) is 0 Å². The van der Waals surface area contributed by atoms with Crippen molar-refractivity contribution in [3.8, 4) is 6.07 Å². The van der Waals surface area contributed by atoms with E-state index in [1.807, 2.05) is 0 Å². The smallest absolute Gasteiger partial charge is 0.0866 e. The number of nitrogens with one attached hydrogen (secondary N) is 1. The van der Waals surface area contributed by atoms with Crippen molar-refractivity contribution < 1.29 is 0 Å². The molecule has 2 aliphatic rings. The van der Waals surface area contributed by atoms with E-state index >= 15 is 0 Å². The van der Waals surface area contributed by atoms with E-state index in [1.54, 1.807) is 0 Å². The number of hydrogen-bond donors (Lipinski definition) is 1. The normalized spacial score (nSPS) is 30.4. The third kappa shape index (κ3) is 3.96. The fourth-order valence-electron chi connectivity index (χ4n) is 3.70. The van der Waals surface area contributed by atoms with Gasteiger partial charge in [0.15, 0.2) is 0 Å². The van der Waals surface area contributed by atoms with Crippen molar-refractivity contribution in [1.29, 1.82) is 5.26 Å². The molecule has 1 aliphatic carbocycles. The Morgan fingerprint density at radius 1 is 1.22 bits per heavy atom. The van der Waals surface area contributed by atoms with Gasteiger partial charge < -0.3 is 5.32 Å². The minimum absolute atomic E-state index is 0.600. The molecule has 0 aromatic heterocycles. The predicted octanol–water partition coefficient (Wildman–Crippen LogP) is 2.53. The fraction of sp³-hybridized carbons (Fsp3) is 0.933. The van der Waals surface area contributed by atoms with E-state index in [-0.39, 0.29) is 0 Å². The van der Waals surface area contributed by atoms with Gasteiger partial charge in [-0.3, -0.25) is 4.90 Å². The molecule has 2 fully saturated rings. The molecule has 0 aromatic rings. The van der Waals surface area contributed by atoms with Crippen molar-refractivity contribution in [2.75, 3.05) is 19.6 Å². The highest BCUT2D eigenvalue weighted by molar-refractivity contribution is 4.90. The summed E-state index contributed by atoms with van der Waals surface area (Å²) >= 11 is 0. The number of nitrogens with zero attached hydrogens (tertiary/aromatic N) is 2. The summed E-state index contributed by atoms with van der Waals surface area (Å²) in [7, 11) is 0. The van der Waals surface area contributed by atoms with Crippen LogP contribution in [0.15, 0.2) is 0 Å². The highest BCUT2D eigenvalue weighted by Crippen LogP contribution is 2.24. The van der Waals surface area contributed by atoms with Gasteiger partial charge >= 0.3 is 0 Å². The van der Waals surface area contributed by atoms with E-state index in [2.05, 4.69) is 23.2 Å². The maximum Gasteiger partial charge on any atom is 0.0866 e. The lowest BCUT2D eigenvalue weighted by atomic mass is 9.90. The Morgan fingerprint density at radius 2 is 2.00 bits per heavy atom. The van der Waals surface area contributed by atoms with Gasteiger partial charge in [0.25, 0.3) is 0 Å². The molecule has 1 aliphatic heterocycles. The van der Waals surface area contributed by atoms with Crippen LogP contribution in [0.1, 0.15) is 51.9 Å². The molecular formula is C15H27N3. The Labute approximate surface area is 112 Å². The molecule has 2 atom stereocenters. The van der Waals surface area contributed by atoms with Gasteiger partial charge in [-0.1, -0.05) is 26.2 Å². The summed E-state index contributed by atoms with van der Waals surface area (Å²) in [6.45, 7) is 5.07. The van der Waals surface area contributed by atoms with E-state index < -0.39 is 0 Å². The first-order valence-corrected chi connectivity index (χ1v) is 7.67. The van der Waals surface area contributed by atoms with Gasteiger partial charge in [0.1, 0.15) is 0 Å². The Morgan fingerprint density at radius 3 is 2.67 bits per heavy atom. The van der Waals surface area contributed by atoms with Crippen molar-refractivity contribution in [3.63, 3.8) is 0 Å². The molecule has 0 radical (unpaired) electrons. The molecule has 1 saturated heterocycles. The summed E-state index contributed by atoms with van der Waals surface area (Å²) in [6, 6.07) is 3.68. The van der Waals surface area contributed by atoms with Crippen molar-refractivity contribution >= 4 is 0 Å². The van der Waals surface area contributed by atoms with Crippen LogP contribution in [-0.2, 0) is 0 Å². The van der Waals surface area contributed by atoms with Crippen molar-refractivity contribution in [2.45, 2.75) is 64.0 Å². The molecule has 1 saturated carbocycles. The molecule has 3 heteroatoms. The van der Waals surface area contributed by atoms with Gasteiger partial charge in [-0.15, -0.1) is 0 Å². The van der Waals surface area contributed by atoms with E-state index in [9.17, 15) is 0 Å². The van der Waals surface area contributed by atoms with Crippen LogP contribution in [0.5, 0.6) is 0 Å². The quantitative estimate of drug-likeness (QED) is 0.761. The summed E-state index contributed by atoms with van der Waals surface area (Å²) in [4.78, 5) is 2.34. The Balaban J connectivity index is 1.85. The molecule has 0 amide bonds. The second kappa shape index (κ2) is 7.11. The van der Waals surface area contributed by atoms with Crippen LogP contribution in [0.4, 0.5) is 0 Å². The molecular weight excluding hydrogens is 222 g/mol. The molecule has 18 heavy (non-hydrogen) atoms. The van der Waals surface area contributed by atoms with Crippen LogP contribution >= 0.6 is 0 Å². The van der Waals surface area contributed by atoms with Crippen LogP contribution in [-0.4, -0.2) is 36.6 Å². The van der Waals surface area contributed by atoms with Crippen LogP contribution in [0, 0.1) is 17.2 Å².